The van der Waals surface area contributed by atoms with E-state index < -0.39 is 31.1 Å². The van der Waals surface area contributed by atoms with Crippen molar-refractivity contribution in [2.45, 2.75) is 19.8 Å². The second-order valence-corrected chi connectivity index (χ2v) is 3.15. The summed E-state index contributed by atoms with van der Waals surface area (Å²) in [6.45, 7) is 3.83. The van der Waals surface area contributed by atoms with Crippen LogP contribution in [0.2, 0.25) is 0 Å². The van der Waals surface area contributed by atoms with E-state index in [1.165, 1.54) is 6.92 Å². The lowest BCUT2D eigenvalue weighted by atomic mass is 10.3. The highest BCUT2D eigenvalue weighted by atomic mass is 16.7. The number of ketones is 1. The fraction of sp³-hybridized carbons (Fsp3) is 0.455. The second kappa shape index (κ2) is 8.91. The number of rotatable bonds is 8. The van der Waals surface area contributed by atoms with Crippen LogP contribution < -0.4 is 0 Å². The van der Waals surface area contributed by atoms with Crippen molar-refractivity contribution in [1.29, 1.82) is 0 Å². The molecule has 0 rings (SSSR count). The number of esters is 3. The van der Waals surface area contributed by atoms with Crippen molar-refractivity contribution in [3.05, 3.63) is 12.7 Å². The van der Waals surface area contributed by atoms with Gasteiger partial charge in [-0.15, -0.1) is 0 Å². The van der Waals surface area contributed by atoms with E-state index in [1.54, 1.807) is 0 Å². The Hall–Kier alpha value is -2.18. The molecule has 0 atom stereocenters. The van der Waals surface area contributed by atoms with E-state index in [1.807, 2.05) is 0 Å². The third-order valence-electron chi connectivity index (χ3n) is 1.59. The highest BCUT2D eigenvalue weighted by Crippen LogP contribution is 1.94. The van der Waals surface area contributed by atoms with E-state index in [-0.39, 0.29) is 18.8 Å². The molecular formula is C11H14O7. The normalized spacial score (nSPS) is 9.17. The summed E-state index contributed by atoms with van der Waals surface area (Å²) in [5.41, 5.74) is 0. The van der Waals surface area contributed by atoms with Crippen LogP contribution in [-0.4, -0.2) is 37.1 Å². The Morgan fingerprint density at radius 3 is 2.22 bits per heavy atom. The van der Waals surface area contributed by atoms with E-state index in [9.17, 15) is 19.2 Å². The number of ether oxygens (including phenoxy) is 3. The lowest BCUT2D eigenvalue weighted by Gasteiger charge is -2.05. The van der Waals surface area contributed by atoms with E-state index in [0.717, 1.165) is 6.08 Å². The molecule has 100 valence electrons. The first kappa shape index (κ1) is 15.8. The molecule has 0 spiro atoms. The van der Waals surface area contributed by atoms with Gasteiger partial charge in [0.15, 0.2) is 0 Å². The van der Waals surface area contributed by atoms with Gasteiger partial charge in [0, 0.05) is 12.5 Å². The Morgan fingerprint density at radius 2 is 1.67 bits per heavy atom. The van der Waals surface area contributed by atoms with Gasteiger partial charge in [0.2, 0.25) is 6.79 Å². The lowest BCUT2D eigenvalue weighted by molar-refractivity contribution is -0.166. The Bertz CT molecular complexity index is 345. The van der Waals surface area contributed by atoms with Crippen molar-refractivity contribution in [2.24, 2.45) is 0 Å². The van der Waals surface area contributed by atoms with E-state index in [0.29, 0.717) is 0 Å². The molecule has 0 amide bonds. The van der Waals surface area contributed by atoms with Crippen LogP contribution in [0.15, 0.2) is 12.7 Å². The molecule has 0 radical (unpaired) electrons. The highest BCUT2D eigenvalue weighted by molar-refractivity contribution is 5.91. The molecule has 0 aliphatic carbocycles. The van der Waals surface area contributed by atoms with E-state index in [2.05, 4.69) is 20.8 Å². The van der Waals surface area contributed by atoms with Crippen LogP contribution in [0.3, 0.4) is 0 Å². The van der Waals surface area contributed by atoms with Gasteiger partial charge >= 0.3 is 17.9 Å². The Labute approximate surface area is 104 Å². The third-order valence-corrected chi connectivity index (χ3v) is 1.59. The maximum absolute atomic E-state index is 11.0. The van der Waals surface area contributed by atoms with Crippen molar-refractivity contribution in [1.82, 2.24) is 0 Å². The number of hydrogen-bond acceptors (Lipinski definition) is 7. The molecule has 0 heterocycles. The van der Waals surface area contributed by atoms with Crippen LogP contribution in [0.1, 0.15) is 19.8 Å². The van der Waals surface area contributed by atoms with Gasteiger partial charge in [-0.05, 0) is 6.92 Å². The van der Waals surface area contributed by atoms with Crippen LogP contribution in [-0.2, 0) is 33.4 Å². The lowest BCUT2D eigenvalue weighted by Crippen LogP contribution is -2.17. The molecular weight excluding hydrogens is 244 g/mol. The smallest absolute Gasteiger partial charge is 0.333 e. The predicted molar refractivity (Wildman–Crippen MR) is 58.1 cm³/mol. The van der Waals surface area contributed by atoms with Gasteiger partial charge in [-0.2, -0.15) is 0 Å². The van der Waals surface area contributed by atoms with E-state index in [4.69, 9.17) is 0 Å². The van der Waals surface area contributed by atoms with Crippen LogP contribution in [0.25, 0.3) is 0 Å². The standard InChI is InChI=1S/C11H14O7/c1-3-9(13)17-7-18-11(15)6-10(14)16-5-4-8(2)12/h3H,1,4-7H2,2H3. The molecule has 0 unspecified atom stereocenters. The average Bonchev–Trinajstić information content (AvgIpc) is 2.28. The maximum Gasteiger partial charge on any atom is 0.333 e. The van der Waals surface area contributed by atoms with Gasteiger partial charge in [-0.1, -0.05) is 6.58 Å². The quantitative estimate of drug-likeness (QED) is 0.264. The summed E-state index contributed by atoms with van der Waals surface area (Å²) in [5, 5.41) is 0. The van der Waals surface area contributed by atoms with Crippen molar-refractivity contribution >= 4 is 23.7 Å². The zero-order valence-corrected chi connectivity index (χ0v) is 9.97. The molecule has 7 nitrogen and oxygen atoms in total. The first-order chi connectivity index (χ1) is 8.45. The highest BCUT2D eigenvalue weighted by Gasteiger charge is 2.12. The molecule has 0 aromatic carbocycles. The average molecular weight is 258 g/mol. The molecule has 0 saturated carbocycles. The Morgan fingerprint density at radius 1 is 1.06 bits per heavy atom. The molecule has 0 aromatic heterocycles. The minimum absolute atomic E-state index is 0.0765. The summed E-state index contributed by atoms with van der Waals surface area (Å²) in [4.78, 5) is 43.2. The van der Waals surface area contributed by atoms with Gasteiger partial charge in [0.1, 0.15) is 12.2 Å². The summed E-state index contributed by atoms with van der Waals surface area (Å²) in [6.07, 6.45) is 0.394. The molecule has 0 aliphatic rings. The van der Waals surface area contributed by atoms with Gasteiger partial charge in [0.25, 0.3) is 0 Å². The summed E-state index contributed by atoms with van der Waals surface area (Å²) in [6, 6.07) is 0. The first-order valence-electron chi connectivity index (χ1n) is 5.05. The zero-order chi connectivity index (χ0) is 14.0. The van der Waals surface area contributed by atoms with Gasteiger partial charge in [-0.25, -0.2) is 4.79 Å². The first-order valence-corrected chi connectivity index (χ1v) is 5.05. The fourth-order valence-electron chi connectivity index (χ4n) is 0.741. The van der Waals surface area contributed by atoms with Gasteiger partial charge < -0.3 is 14.2 Å². The fourth-order valence-corrected chi connectivity index (χ4v) is 0.741. The zero-order valence-electron chi connectivity index (χ0n) is 9.97. The maximum atomic E-state index is 11.0. The van der Waals surface area contributed by atoms with Crippen molar-refractivity contribution < 1.29 is 33.4 Å². The monoisotopic (exact) mass is 258 g/mol. The van der Waals surface area contributed by atoms with Crippen LogP contribution >= 0.6 is 0 Å². The number of carbonyl (C=O) groups is 4. The summed E-state index contributed by atoms with van der Waals surface area (Å²) >= 11 is 0. The Balaban J connectivity index is 3.67. The SMILES string of the molecule is C=CC(=O)OCOC(=O)CC(=O)OCCC(C)=O. The molecule has 0 saturated heterocycles. The predicted octanol–water partition coefficient (Wildman–Crippen LogP) is 0.129. The second-order valence-electron chi connectivity index (χ2n) is 3.15. The largest absolute Gasteiger partial charge is 0.465 e. The minimum atomic E-state index is -0.889. The molecule has 0 aliphatic heterocycles. The van der Waals surface area contributed by atoms with Crippen LogP contribution in [0.4, 0.5) is 0 Å². The van der Waals surface area contributed by atoms with Gasteiger partial charge in [-0.3, -0.25) is 14.4 Å². The molecule has 0 aromatic rings. The van der Waals surface area contributed by atoms with Crippen molar-refractivity contribution in [3.8, 4) is 0 Å². The topological polar surface area (TPSA) is 96.0 Å². The number of hydrogen-bond donors (Lipinski definition) is 0. The Kier molecular flexibility index (Phi) is 7.83. The molecule has 0 N–H and O–H groups in total. The number of Topliss-reactive ketones (excluding diaryl/α,β-unsaturated/α-hetero) is 1. The molecule has 18 heavy (non-hydrogen) atoms. The van der Waals surface area contributed by atoms with Crippen molar-refractivity contribution in [3.63, 3.8) is 0 Å². The number of carbonyl (C=O) groups excluding carboxylic acids is 4. The van der Waals surface area contributed by atoms with Gasteiger partial charge in [0.05, 0.1) is 6.61 Å². The third kappa shape index (κ3) is 9.08. The molecule has 7 heteroatoms. The summed E-state index contributed by atoms with van der Waals surface area (Å²) < 4.78 is 13.4. The van der Waals surface area contributed by atoms with E-state index >= 15 is 0 Å². The summed E-state index contributed by atoms with van der Waals surface area (Å²) in [7, 11) is 0. The summed E-state index contributed by atoms with van der Waals surface area (Å²) in [5.74, 6) is -2.57. The van der Waals surface area contributed by atoms with Crippen LogP contribution in [0, 0.1) is 0 Å². The molecule has 0 fully saturated rings. The van der Waals surface area contributed by atoms with Crippen molar-refractivity contribution in [2.75, 3.05) is 13.4 Å². The minimum Gasteiger partial charge on any atom is -0.465 e. The molecule has 0 bridgehead atoms. The van der Waals surface area contributed by atoms with Crippen LogP contribution in [0.5, 0.6) is 0 Å².